The highest BCUT2D eigenvalue weighted by molar-refractivity contribution is 5.69. The Hall–Kier alpha value is -2.13. The lowest BCUT2D eigenvalue weighted by Crippen LogP contribution is -2.48. The largest absolute Gasteiger partial charge is 0.480 e. The first-order valence-electron chi connectivity index (χ1n) is 6.17. The molecule has 0 radical (unpaired) electrons. The second kappa shape index (κ2) is 5.67. The van der Waals surface area contributed by atoms with Gasteiger partial charge in [-0.1, -0.05) is 0 Å². The van der Waals surface area contributed by atoms with Crippen molar-refractivity contribution in [3.63, 3.8) is 0 Å². The number of piperazine rings is 1. The van der Waals surface area contributed by atoms with Crippen molar-refractivity contribution in [1.82, 2.24) is 9.88 Å². The molecule has 1 aromatic rings. The van der Waals surface area contributed by atoms with E-state index in [9.17, 15) is 4.79 Å². The van der Waals surface area contributed by atoms with Crippen LogP contribution in [0, 0.1) is 18.3 Å². The number of aliphatic carboxylic acids is 1. The van der Waals surface area contributed by atoms with Gasteiger partial charge < -0.3 is 10.0 Å². The topological polar surface area (TPSA) is 80.5 Å². The van der Waals surface area contributed by atoms with Crippen molar-refractivity contribution in [2.24, 2.45) is 0 Å². The average molecular weight is 260 g/mol. The quantitative estimate of drug-likeness (QED) is 0.850. The lowest BCUT2D eigenvalue weighted by atomic mass is 10.2. The Labute approximate surface area is 111 Å². The fourth-order valence-corrected chi connectivity index (χ4v) is 2.18. The van der Waals surface area contributed by atoms with Crippen LogP contribution in [0.3, 0.4) is 0 Å². The van der Waals surface area contributed by atoms with Gasteiger partial charge in [0.15, 0.2) is 0 Å². The van der Waals surface area contributed by atoms with E-state index in [4.69, 9.17) is 10.4 Å². The highest BCUT2D eigenvalue weighted by Gasteiger charge is 2.21. The summed E-state index contributed by atoms with van der Waals surface area (Å²) in [5, 5.41) is 17.9. The molecule has 1 saturated heterocycles. The molecule has 0 bridgehead atoms. The molecule has 2 heterocycles. The number of nitriles is 1. The molecule has 1 aliphatic heterocycles. The Kier molecular flexibility index (Phi) is 3.97. The smallest absolute Gasteiger partial charge is 0.317 e. The van der Waals surface area contributed by atoms with Crippen molar-refractivity contribution >= 4 is 11.8 Å². The molecule has 6 nitrogen and oxygen atoms in total. The maximum Gasteiger partial charge on any atom is 0.317 e. The Bertz CT molecular complexity index is 516. The normalized spacial score (nSPS) is 16.1. The summed E-state index contributed by atoms with van der Waals surface area (Å²) in [6.45, 7) is 4.70. The van der Waals surface area contributed by atoms with Crippen LogP contribution in [-0.4, -0.2) is 53.7 Å². The number of carbonyl (C=O) groups is 1. The van der Waals surface area contributed by atoms with Crippen LogP contribution in [0.4, 0.5) is 5.82 Å². The van der Waals surface area contributed by atoms with Gasteiger partial charge in [-0.05, 0) is 19.1 Å². The first kappa shape index (κ1) is 13.3. The van der Waals surface area contributed by atoms with Crippen LogP contribution in [0.5, 0.6) is 0 Å². The Balaban J connectivity index is 2.07. The van der Waals surface area contributed by atoms with E-state index in [1.807, 2.05) is 22.8 Å². The van der Waals surface area contributed by atoms with Crippen LogP contribution in [0.1, 0.15) is 11.3 Å². The molecule has 6 heteroatoms. The molecule has 0 aromatic carbocycles. The van der Waals surface area contributed by atoms with E-state index in [1.54, 1.807) is 6.07 Å². The summed E-state index contributed by atoms with van der Waals surface area (Å²) in [4.78, 5) is 19.0. The summed E-state index contributed by atoms with van der Waals surface area (Å²) in [6.07, 6.45) is 0. The lowest BCUT2D eigenvalue weighted by Gasteiger charge is -2.34. The Morgan fingerprint density at radius 1 is 1.42 bits per heavy atom. The number of hydrogen-bond acceptors (Lipinski definition) is 5. The molecule has 0 amide bonds. The molecule has 1 aliphatic rings. The van der Waals surface area contributed by atoms with Gasteiger partial charge in [-0.3, -0.25) is 9.69 Å². The standard InChI is InChI=1S/C13H16N4O2/c1-10-2-3-11(8-14)13(15-10)17-6-4-16(5-7-17)9-12(18)19/h2-3H,4-7,9H2,1H3,(H,18,19). The van der Waals surface area contributed by atoms with Crippen LogP contribution >= 0.6 is 0 Å². The number of rotatable bonds is 3. The van der Waals surface area contributed by atoms with Gasteiger partial charge in [0.25, 0.3) is 0 Å². The molecule has 0 spiro atoms. The second-order valence-electron chi connectivity index (χ2n) is 4.59. The number of aromatic nitrogens is 1. The molecule has 0 aliphatic carbocycles. The SMILES string of the molecule is Cc1ccc(C#N)c(N2CCN(CC(=O)O)CC2)n1. The summed E-state index contributed by atoms with van der Waals surface area (Å²) in [5.41, 5.74) is 1.44. The van der Waals surface area contributed by atoms with Gasteiger partial charge >= 0.3 is 5.97 Å². The summed E-state index contributed by atoms with van der Waals surface area (Å²) < 4.78 is 0. The van der Waals surface area contributed by atoms with E-state index >= 15 is 0 Å². The van der Waals surface area contributed by atoms with E-state index < -0.39 is 5.97 Å². The number of carboxylic acids is 1. The predicted octanol–water partition coefficient (Wildman–Crippen LogP) is 0.468. The Morgan fingerprint density at radius 2 is 2.11 bits per heavy atom. The predicted molar refractivity (Wildman–Crippen MR) is 70.0 cm³/mol. The maximum atomic E-state index is 10.7. The van der Waals surface area contributed by atoms with Gasteiger partial charge in [0.05, 0.1) is 12.1 Å². The van der Waals surface area contributed by atoms with Crippen molar-refractivity contribution < 1.29 is 9.90 Å². The molecule has 19 heavy (non-hydrogen) atoms. The number of aryl methyl sites for hydroxylation is 1. The van der Waals surface area contributed by atoms with Crippen molar-refractivity contribution in [3.05, 3.63) is 23.4 Å². The summed E-state index contributed by atoms with van der Waals surface area (Å²) in [5.74, 6) is -0.0997. The monoisotopic (exact) mass is 260 g/mol. The van der Waals surface area contributed by atoms with Crippen LogP contribution in [0.15, 0.2) is 12.1 Å². The van der Waals surface area contributed by atoms with Gasteiger partial charge in [0.2, 0.25) is 0 Å². The van der Waals surface area contributed by atoms with E-state index in [0.717, 1.165) is 5.69 Å². The third-order valence-electron chi connectivity index (χ3n) is 3.17. The molecular weight excluding hydrogens is 244 g/mol. The fourth-order valence-electron chi connectivity index (χ4n) is 2.18. The van der Waals surface area contributed by atoms with E-state index in [1.165, 1.54) is 0 Å². The molecule has 1 N–H and O–H groups in total. The van der Waals surface area contributed by atoms with Crippen molar-refractivity contribution in [3.8, 4) is 6.07 Å². The van der Waals surface area contributed by atoms with E-state index in [0.29, 0.717) is 37.6 Å². The van der Waals surface area contributed by atoms with Crippen LogP contribution in [0.2, 0.25) is 0 Å². The lowest BCUT2D eigenvalue weighted by molar-refractivity contribution is -0.138. The minimum absolute atomic E-state index is 0.0696. The van der Waals surface area contributed by atoms with Gasteiger partial charge in [-0.2, -0.15) is 5.26 Å². The molecular formula is C13H16N4O2. The first-order chi connectivity index (χ1) is 9.10. The number of anilines is 1. The molecule has 100 valence electrons. The van der Waals surface area contributed by atoms with Crippen LogP contribution in [-0.2, 0) is 4.79 Å². The first-order valence-corrected chi connectivity index (χ1v) is 6.17. The van der Waals surface area contributed by atoms with E-state index in [2.05, 4.69) is 11.1 Å². The zero-order valence-corrected chi connectivity index (χ0v) is 10.8. The van der Waals surface area contributed by atoms with Crippen molar-refractivity contribution in [2.45, 2.75) is 6.92 Å². The van der Waals surface area contributed by atoms with Crippen molar-refractivity contribution in [2.75, 3.05) is 37.6 Å². The molecule has 1 aromatic heterocycles. The fraction of sp³-hybridized carbons (Fsp3) is 0.462. The van der Waals surface area contributed by atoms with Gasteiger partial charge in [0.1, 0.15) is 11.9 Å². The number of carboxylic acid groups (broad SMARTS) is 1. The average Bonchev–Trinajstić information content (AvgIpc) is 2.39. The summed E-state index contributed by atoms with van der Waals surface area (Å²) in [6, 6.07) is 5.75. The molecule has 0 unspecified atom stereocenters. The minimum Gasteiger partial charge on any atom is -0.480 e. The summed E-state index contributed by atoms with van der Waals surface area (Å²) in [7, 11) is 0. The third-order valence-corrected chi connectivity index (χ3v) is 3.17. The van der Waals surface area contributed by atoms with Gasteiger partial charge in [0, 0.05) is 31.9 Å². The highest BCUT2D eigenvalue weighted by Crippen LogP contribution is 2.19. The second-order valence-corrected chi connectivity index (χ2v) is 4.59. The van der Waals surface area contributed by atoms with Crippen LogP contribution < -0.4 is 4.90 Å². The maximum absolute atomic E-state index is 10.7. The van der Waals surface area contributed by atoms with Crippen LogP contribution in [0.25, 0.3) is 0 Å². The zero-order valence-electron chi connectivity index (χ0n) is 10.8. The number of pyridine rings is 1. The zero-order chi connectivity index (χ0) is 13.8. The van der Waals surface area contributed by atoms with Gasteiger partial charge in [-0.15, -0.1) is 0 Å². The number of hydrogen-bond donors (Lipinski definition) is 1. The van der Waals surface area contributed by atoms with Gasteiger partial charge in [-0.25, -0.2) is 4.98 Å². The highest BCUT2D eigenvalue weighted by atomic mass is 16.4. The molecule has 0 atom stereocenters. The summed E-state index contributed by atoms with van der Waals surface area (Å²) >= 11 is 0. The van der Waals surface area contributed by atoms with E-state index in [-0.39, 0.29) is 6.54 Å². The molecule has 2 rings (SSSR count). The van der Waals surface area contributed by atoms with Crippen molar-refractivity contribution in [1.29, 1.82) is 5.26 Å². The number of nitrogens with zero attached hydrogens (tertiary/aromatic N) is 4. The molecule has 0 saturated carbocycles. The minimum atomic E-state index is -0.806. The third kappa shape index (κ3) is 3.20. The molecule has 1 fully saturated rings. The Morgan fingerprint density at radius 3 is 2.68 bits per heavy atom.